The molecule has 1 aliphatic rings. The number of guanidine groups is 1. The Kier molecular flexibility index (Phi) is 8.00. The third-order valence-corrected chi connectivity index (χ3v) is 5.15. The van der Waals surface area contributed by atoms with Gasteiger partial charge < -0.3 is 15.4 Å². The molecule has 0 spiro atoms. The highest BCUT2D eigenvalue weighted by atomic mass is 35.5. The third-order valence-electron chi connectivity index (χ3n) is 4.80. The lowest BCUT2D eigenvalue weighted by Gasteiger charge is -2.35. The number of morpholine rings is 1. The van der Waals surface area contributed by atoms with Crippen LogP contribution in [-0.4, -0.2) is 56.8 Å². The minimum absolute atomic E-state index is 0.186. The van der Waals surface area contributed by atoms with E-state index in [1.54, 1.807) is 0 Å². The highest BCUT2D eigenvalue weighted by Gasteiger charge is 2.24. The lowest BCUT2D eigenvalue weighted by Crippen LogP contribution is -2.48. The first-order chi connectivity index (χ1) is 12.0. The van der Waals surface area contributed by atoms with Crippen LogP contribution in [0.2, 0.25) is 5.02 Å². The maximum absolute atomic E-state index is 6.48. The fourth-order valence-corrected chi connectivity index (χ4v) is 3.10. The number of rotatable bonds is 6. The lowest BCUT2D eigenvalue weighted by atomic mass is 10.0. The number of nitrogens with one attached hydrogen (secondary N) is 2. The Morgan fingerprint density at radius 2 is 1.92 bits per heavy atom. The SMILES string of the molecule is CN=C(NCC(c1ccccc1Cl)N1CCOCC1)NC(C)C(C)C. The van der Waals surface area contributed by atoms with Crippen molar-refractivity contribution in [2.24, 2.45) is 10.9 Å². The van der Waals surface area contributed by atoms with Crippen molar-refractivity contribution in [2.45, 2.75) is 32.9 Å². The Balaban J connectivity index is 2.09. The van der Waals surface area contributed by atoms with Crippen LogP contribution in [0.1, 0.15) is 32.4 Å². The predicted molar refractivity (Wildman–Crippen MR) is 105 cm³/mol. The van der Waals surface area contributed by atoms with Gasteiger partial charge in [0.2, 0.25) is 0 Å². The molecule has 0 amide bonds. The van der Waals surface area contributed by atoms with Gasteiger partial charge >= 0.3 is 0 Å². The summed E-state index contributed by atoms with van der Waals surface area (Å²) in [6.45, 7) is 10.7. The third kappa shape index (κ3) is 5.87. The highest BCUT2D eigenvalue weighted by Crippen LogP contribution is 2.27. The zero-order chi connectivity index (χ0) is 18.2. The summed E-state index contributed by atoms with van der Waals surface area (Å²) in [5.41, 5.74) is 1.14. The molecule has 2 N–H and O–H groups in total. The van der Waals surface area contributed by atoms with Crippen LogP contribution in [0.15, 0.2) is 29.3 Å². The molecule has 5 nitrogen and oxygen atoms in total. The number of halogens is 1. The molecule has 1 saturated heterocycles. The molecule has 0 bridgehead atoms. The molecule has 1 aromatic carbocycles. The zero-order valence-electron chi connectivity index (χ0n) is 15.8. The van der Waals surface area contributed by atoms with Gasteiger partial charge in [-0.2, -0.15) is 0 Å². The molecule has 1 fully saturated rings. The molecule has 2 rings (SSSR count). The van der Waals surface area contributed by atoms with Gasteiger partial charge in [-0.1, -0.05) is 43.6 Å². The van der Waals surface area contributed by atoms with Crippen molar-refractivity contribution in [3.8, 4) is 0 Å². The molecule has 0 radical (unpaired) electrons. The summed E-state index contributed by atoms with van der Waals surface area (Å²) in [5, 5.41) is 7.73. The molecule has 140 valence electrons. The van der Waals surface area contributed by atoms with E-state index in [2.05, 4.69) is 47.4 Å². The van der Waals surface area contributed by atoms with E-state index in [0.29, 0.717) is 12.0 Å². The van der Waals surface area contributed by atoms with Crippen molar-refractivity contribution in [2.75, 3.05) is 39.9 Å². The van der Waals surface area contributed by atoms with Gasteiger partial charge in [-0.3, -0.25) is 9.89 Å². The van der Waals surface area contributed by atoms with Gasteiger partial charge in [0.25, 0.3) is 0 Å². The fraction of sp³-hybridized carbons (Fsp3) is 0.632. The summed E-state index contributed by atoms with van der Waals surface area (Å²) < 4.78 is 5.51. The van der Waals surface area contributed by atoms with E-state index < -0.39 is 0 Å². The van der Waals surface area contributed by atoms with Gasteiger partial charge in [-0.05, 0) is 24.5 Å². The molecule has 0 aliphatic carbocycles. The van der Waals surface area contributed by atoms with Crippen LogP contribution in [0.5, 0.6) is 0 Å². The largest absolute Gasteiger partial charge is 0.379 e. The highest BCUT2D eigenvalue weighted by molar-refractivity contribution is 6.31. The maximum Gasteiger partial charge on any atom is 0.191 e. The van der Waals surface area contributed by atoms with E-state index in [1.807, 2.05) is 25.2 Å². The van der Waals surface area contributed by atoms with Gasteiger partial charge in [0.05, 0.1) is 19.3 Å². The predicted octanol–water partition coefficient (Wildman–Crippen LogP) is 2.92. The second-order valence-corrected chi connectivity index (χ2v) is 7.22. The first-order valence-corrected chi connectivity index (χ1v) is 9.44. The summed E-state index contributed by atoms with van der Waals surface area (Å²) in [5.74, 6) is 1.36. The van der Waals surface area contributed by atoms with Gasteiger partial charge in [0, 0.05) is 37.7 Å². The molecule has 1 aromatic rings. The molecule has 1 aliphatic heterocycles. The summed E-state index contributed by atoms with van der Waals surface area (Å²) >= 11 is 6.48. The standard InChI is InChI=1S/C19H31ClN4O/c1-14(2)15(3)23-19(21-4)22-13-18(24-9-11-25-12-10-24)16-7-5-6-8-17(16)20/h5-8,14-15,18H,9-13H2,1-4H3,(H2,21,22,23). The second-order valence-electron chi connectivity index (χ2n) is 6.82. The van der Waals surface area contributed by atoms with Crippen LogP contribution in [0.4, 0.5) is 0 Å². The summed E-state index contributed by atoms with van der Waals surface area (Å²) in [7, 11) is 1.81. The Labute approximate surface area is 156 Å². The van der Waals surface area contributed by atoms with Crippen molar-refractivity contribution in [3.63, 3.8) is 0 Å². The molecule has 6 heteroatoms. The maximum atomic E-state index is 6.48. The monoisotopic (exact) mass is 366 g/mol. The van der Waals surface area contributed by atoms with Crippen LogP contribution >= 0.6 is 11.6 Å². The van der Waals surface area contributed by atoms with Gasteiger partial charge in [-0.25, -0.2) is 0 Å². The quantitative estimate of drug-likeness (QED) is 0.600. The zero-order valence-corrected chi connectivity index (χ0v) is 16.5. The minimum atomic E-state index is 0.186. The fourth-order valence-electron chi connectivity index (χ4n) is 2.84. The smallest absolute Gasteiger partial charge is 0.191 e. The Bertz CT molecular complexity index is 558. The Morgan fingerprint density at radius 1 is 1.24 bits per heavy atom. The molecule has 1 heterocycles. The van der Waals surface area contributed by atoms with E-state index in [9.17, 15) is 0 Å². The van der Waals surface area contributed by atoms with Crippen LogP contribution in [0, 0.1) is 5.92 Å². The van der Waals surface area contributed by atoms with Crippen LogP contribution < -0.4 is 10.6 Å². The minimum Gasteiger partial charge on any atom is -0.379 e. The van der Waals surface area contributed by atoms with E-state index in [4.69, 9.17) is 16.3 Å². The van der Waals surface area contributed by atoms with Crippen molar-refractivity contribution in [1.82, 2.24) is 15.5 Å². The molecule has 0 saturated carbocycles. The van der Waals surface area contributed by atoms with Crippen LogP contribution in [0.3, 0.4) is 0 Å². The summed E-state index contributed by atoms with van der Waals surface area (Å²) in [6.07, 6.45) is 0. The number of ether oxygens (including phenoxy) is 1. The van der Waals surface area contributed by atoms with Gasteiger partial charge in [0.15, 0.2) is 5.96 Å². The first kappa shape index (κ1) is 20.0. The molecular weight excluding hydrogens is 336 g/mol. The molecule has 2 atom stereocenters. The second kappa shape index (κ2) is 10.00. The van der Waals surface area contributed by atoms with Gasteiger partial charge in [-0.15, -0.1) is 0 Å². The van der Waals surface area contributed by atoms with Crippen molar-refractivity contribution >= 4 is 17.6 Å². The van der Waals surface area contributed by atoms with Crippen LogP contribution in [0.25, 0.3) is 0 Å². The van der Waals surface area contributed by atoms with Crippen molar-refractivity contribution < 1.29 is 4.74 Å². The number of hydrogen-bond acceptors (Lipinski definition) is 3. The van der Waals surface area contributed by atoms with Crippen LogP contribution in [-0.2, 0) is 4.74 Å². The molecule has 0 aromatic heterocycles. The van der Waals surface area contributed by atoms with Gasteiger partial charge in [0.1, 0.15) is 0 Å². The average molecular weight is 367 g/mol. The van der Waals surface area contributed by atoms with E-state index >= 15 is 0 Å². The number of aliphatic imine (C=N–C) groups is 1. The molecule has 25 heavy (non-hydrogen) atoms. The van der Waals surface area contributed by atoms with Crippen molar-refractivity contribution in [3.05, 3.63) is 34.9 Å². The lowest BCUT2D eigenvalue weighted by molar-refractivity contribution is 0.0170. The normalized spacial score (nSPS) is 18.9. The average Bonchev–Trinajstić information content (AvgIpc) is 2.62. The Hall–Kier alpha value is -1.30. The van der Waals surface area contributed by atoms with E-state index in [1.165, 1.54) is 0 Å². The number of benzene rings is 1. The number of hydrogen-bond donors (Lipinski definition) is 2. The topological polar surface area (TPSA) is 48.9 Å². The van der Waals surface area contributed by atoms with Crippen molar-refractivity contribution in [1.29, 1.82) is 0 Å². The molecule has 2 unspecified atom stereocenters. The van der Waals surface area contributed by atoms with E-state index in [-0.39, 0.29) is 6.04 Å². The Morgan fingerprint density at radius 3 is 2.52 bits per heavy atom. The first-order valence-electron chi connectivity index (χ1n) is 9.06. The molecular formula is C19H31ClN4O. The number of nitrogens with zero attached hydrogens (tertiary/aromatic N) is 2. The summed E-state index contributed by atoms with van der Waals surface area (Å²) in [6, 6.07) is 8.62. The summed E-state index contributed by atoms with van der Waals surface area (Å²) in [4.78, 5) is 6.79. The van der Waals surface area contributed by atoms with E-state index in [0.717, 1.165) is 49.4 Å².